The van der Waals surface area contributed by atoms with Crippen molar-refractivity contribution in [2.24, 2.45) is 35.5 Å². The maximum atomic E-state index is 14.9. The summed E-state index contributed by atoms with van der Waals surface area (Å²) >= 11 is 0. The maximum Gasteiger partial charge on any atom is 0.330 e. The number of hydrogen-bond acceptors (Lipinski definition) is 36. The van der Waals surface area contributed by atoms with Gasteiger partial charge >= 0.3 is 41.8 Å². The highest BCUT2D eigenvalue weighted by atomic mass is 16.7. The summed E-state index contributed by atoms with van der Waals surface area (Å²) < 4.78 is 120. The molecular formula is C102H183N7O31. The number of cyclic esters (lactones) is 2. The molecule has 36 atom stereocenters. The van der Waals surface area contributed by atoms with Gasteiger partial charge in [-0.3, -0.25) is 33.6 Å². The molecule has 6 fully saturated rings. The molecule has 0 bridgehead atoms. The van der Waals surface area contributed by atoms with Crippen LogP contribution in [0.15, 0.2) is 25.3 Å². The largest absolute Gasteiger partial charge is 0.459 e. The van der Waals surface area contributed by atoms with Gasteiger partial charge in [-0.25, -0.2) is 9.59 Å². The number of likely N-dealkylation sites (N-methyl/N-ethyl adjacent to an activating group) is 2. The van der Waals surface area contributed by atoms with Crippen LogP contribution in [0.25, 0.3) is 0 Å². The first-order chi connectivity index (χ1) is 65.3. The second kappa shape index (κ2) is 57.3. The Morgan fingerprint density at radius 2 is 0.793 bits per heavy atom. The van der Waals surface area contributed by atoms with Crippen LogP contribution in [-0.2, 0) is 133 Å². The van der Waals surface area contributed by atoms with Crippen LogP contribution in [0.3, 0.4) is 0 Å². The Labute approximate surface area is 835 Å². The van der Waals surface area contributed by atoms with E-state index in [0.29, 0.717) is 25.9 Å². The number of aliphatic hydroxyl groups excluding tert-OH is 1. The van der Waals surface area contributed by atoms with E-state index in [-0.39, 0.29) is 81.6 Å². The molecular weight excluding hydrogens is 1820 g/mol. The standard InChI is InChI=1S/C52H96N4O15.C46H76N2O16.C4H11N/c1-19-38-52(14,62)45(68-39(57)24-26-55(20-2)21-3)35(10)53-47(60)31(6)29-50(12,63-17)44(71-49-42(59)37(54(15)16)28-32(7)65-49)33(8)43(34(9)48(61)67-38)70-41-30-51(13,64-18)46(36(11)66-41)69-40(58)25-27-56(22-4)23-5;1-18-32-46(13,54)39(61-33(50)19-2)28(8)47-41(52)24(4)22-44(11,55-16)38(64-43-37(59-30(10)49)31(48(14)15)21-25(5)57-43)26(6)36(27(7)42(53)60-32)63-35-23-45(12,56-17)40(29(9)58-35)62-34(51)20-3;1-3-5-4-2/h31-38,41-46,49,59,62H,19-30H2,1-18H3,(H,53,60);19-20,24-29,31-32,35-40,43,54H,2-3,18,21-23H2,1,4-17H3,(H,47,52);5H,3-4H2,1-2H3/t31-,32-,33+,34-,35-,36+,37+,38-,41?,42-,43+,44-,45-,46+,49+,50-,51-,52-;24-,25-,26+,27-,28-,29+,31+,32-,35?,36+,37-,38-,39-,40+,43+,44-,45-,46-;/m11./s1. The first kappa shape index (κ1) is 126. The summed E-state index contributed by atoms with van der Waals surface area (Å²) in [4.78, 5) is 131. The van der Waals surface area contributed by atoms with Crippen molar-refractivity contribution in [2.75, 3.05) is 109 Å². The molecule has 0 aliphatic carbocycles. The highest BCUT2D eigenvalue weighted by molar-refractivity contribution is 5.83. The zero-order valence-electron chi connectivity index (χ0n) is 91.2. The number of amides is 2. The Kier molecular flexibility index (Phi) is 51.6. The number of nitrogens with one attached hydrogen (secondary N) is 3. The van der Waals surface area contributed by atoms with Gasteiger partial charge in [0.2, 0.25) is 11.8 Å². The molecule has 0 spiro atoms. The minimum absolute atomic E-state index is 0.0143. The van der Waals surface area contributed by atoms with Crippen molar-refractivity contribution in [3.05, 3.63) is 25.3 Å². The van der Waals surface area contributed by atoms with Gasteiger partial charge in [0.05, 0.1) is 103 Å². The summed E-state index contributed by atoms with van der Waals surface area (Å²) in [7, 11) is 13.5. The number of aliphatic hydroxyl groups is 3. The molecule has 6 rings (SSSR count). The number of nitrogens with zero attached hydrogens (tertiary/aromatic N) is 4. The number of hydrogen-bond donors (Lipinski definition) is 6. The summed E-state index contributed by atoms with van der Waals surface area (Å²) in [5, 5.41) is 45.6. The topological polar surface area (TPSA) is 439 Å². The first-order valence-electron chi connectivity index (χ1n) is 50.6. The molecule has 38 heteroatoms. The normalized spacial score (nSPS) is 39.2. The van der Waals surface area contributed by atoms with E-state index >= 15 is 0 Å². The summed E-state index contributed by atoms with van der Waals surface area (Å²) in [6.45, 7) is 61.0. The smallest absolute Gasteiger partial charge is 0.330 e. The average Bonchev–Trinajstić information content (AvgIpc) is 1.00. The van der Waals surface area contributed by atoms with E-state index in [1.807, 2.05) is 93.4 Å². The quantitative estimate of drug-likeness (QED) is 0.0196. The minimum atomic E-state index is -2.04. The van der Waals surface area contributed by atoms with Gasteiger partial charge in [-0.05, 0) is 203 Å². The molecule has 6 saturated heterocycles. The van der Waals surface area contributed by atoms with Gasteiger partial charge in [-0.15, -0.1) is 0 Å². The molecule has 6 aliphatic rings. The summed E-state index contributed by atoms with van der Waals surface area (Å²) in [5.74, 6) is -11.0. The zero-order valence-corrected chi connectivity index (χ0v) is 91.2. The van der Waals surface area contributed by atoms with Crippen LogP contribution < -0.4 is 16.0 Å². The molecule has 140 heavy (non-hydrogen) atoms. The van der Waals surface area contributed by atoms with Crippen LogP contribution in [0, 0.1) is 35.5 Å². The van der Waals surface area contributed by atoms with Crippen LogP contribution in [0.5, 0.6) is 0 Å². The molecule has 0 aromatic rings. The number of carbonyl (C=O) groups excluding carboxylic acids is 9. The minimum Gasteiger partial charge on any atom is -0.459 e. The van der Waals surface area contributed by atoms with E-state index in [4.69, 9.17) is 90.0 Å². The van der Waals surface area contributed by atoms with Gasteiger partial charge in [0, 0.05) is 103 Å². The predicted octanol–water partition coefficient (Wildman–Crippen LogP) is 8.70. The van der Waals surface area contributed by atoms with Gasteiger partial charge in [-0.1, -0.05) is 96.2 Å². The lowest BCUT2D eigenvalue weighted by atomic mass is 9.77. The van der Waals surface area contributed by atoms with E-state index in [1.165, 1.54) is 49.2 Å². The lowest BCUT2D eigenvalue weighted by Crippen LogP contribution is -2.61. The Morgan fingerprint density at radius 3 is 1.13 bits per heavy atom. The fourth-order valence-corrected chi connectivity index (χ4v) is 20.6. The number of rotatable bonds is 35. The number of methoxy groups -OCH3 is 4. The van der Waals surface area contributed by atoms with Crippen molar-refractivity contribution in [1.29, 1.82) is 0 Å². The summed E-state index contributed by atoms with van der Waals surface area (Å²) in [5.41, 5.74) is -9.00. The van der Waals surface area contributed by atoms with Crippen LogP contribution in [-0.4, -0.2) is 378 Å². The van der Waals surface area contributed by atoms with Gasteiger partial charge in [-0.2, -0.15) is 0 Å². The van der Waals surface area contributed by atoms with Crippen LogP contribution in [0.2, 0.25) is 0 Å². The molecule has 0 aromatic heterocycles. The fraction of sp³-hybridized carbons (Fsp3) is 0.873. The van der Waals surface area contributed by atoms with Crippen LogP contribution in [0.1, 0.15) is 251 Å². The molecule has 0 radical (unpaired) electrons. The lowest BCUT2D eigenvalue weighted by molar-refractivity contribution is -0.320. The molecule has 0 saturated carbocycles. The van der Waals surface area contributed by atoms with Gasteiger partial charge in [0.15, 0.2) is 55.7 Å². The zero-order chi connectivity index (χ0) is 107. The molecule has 0 aromatic carbocycles. The van der Waals surface area contributed by atoms with E-state index in [9.17, 15) is 58.5 Å². The van der Waals surface area contributed by atoms with Gasteiger partial charge in [0.25, 0.3) is 0 Å². The Hall–Kier alpha value is -6.09. The second-order valence-electron chi connectivity index (χ2n) is 40.7. The van der Waals surface area contributed by atoms with Gasteiger partial charge < -0.3 is 141 Å². The maximum absolute atomic E-state index is 14.9. The predicted molar refractivity (Wildman–Crippen MR) is 523 cm³/mol. The van der Waals surface area contributed by atoms with Crippen molar-refractivity contribution in [1.82, 2.24) is 35.6 Å². The summed E-state index contributed by atoms with van der Waals surface area (Å²) in [6.07, 6.45) is -16.4. The van der Waals surface area contributed by atoms with Crippen LogP contribution in [0.4, 0.5) is 0 Å². The van der Waals surface area contributed by atoms with Crippen molar-refractivity contribution in [3.63, 3.8) is 0 Å². The molecule has 6 aliphatic heterocycles. The van der Waals surface area contributed by atoms with Crippen molar-refractivity contribution < 1.29 is 148 Å². The average molecular weight is 2000 g/mol. The van der Waals surface area contributed by atoms with Crippen molar-refractivity contribution in [2.45, 2.75) is 432 Å². The molecule has 2 amide bonds. The second-order valence-corrected chi connectivity index (χ2v) is 40.7. The third-order valence-electron chi connectivity index (χ3n) is 29.3. The lowest BCUT2D eigenvalue weighted by Gasteiger charge is -2.50. The third kappa shape index (κ3) is 34.0. The molecule has 38 nitrogen and oxygen atoms in total. The number of ether oxygens (including phenoxy) is 19. The third-order valence-corrected chi connectivity index (χ3v) is 29.3. The Bertz CT molecular complexity index is 3840. The number of carbonyl (C=O) groups is 9. The summed E-state index contributed by atoms with van der Waals surface area (Å²) in [6, 6.07) is -2.61. The Balaban J connectivity index is 0.000000559. The van der Waals surface area contributed by atoms with E-state index in [2.05, 4.69) is 52.8 Å². The SMILES string of the molecule is C=CC(=O)O[C@@H]1[C@@H](C)NC(=O)[C@H](C)C[C@@](C)(OC)[C@H](O[C@@H]2O[C@H](C)C[C@H](N(C)C)[C@H]2OC(C)=O)[C@@H](C)[C@H](OC2C[C@@](C)(OC)[C@@H](OC(=O)C=C)[C@H](C)O2)[C@@H](C)C(=O)O[C@H](CC)[C@@]1(C)O.CCNCC.CC[C@H]1OC(=O)[C@H](C)[C@@H](OC2C[C@@](C)(OC)[C@@H](OC(=O)CCN(CC)CC)[C@H](C)O2)[C@H](C)[C@@H](O[C@@H]2O[C@H](C)C[C@H](N(C)C)[C@H]2O)[C@](C)(OC)C[C@@H](C)C(=O)N[C@H](C)[C@@H](OC(=O)CCN(CC)CC)[C@]1(C)O. The molecule has 6 heterocycles. The van der Waals surface area contributed by atoms with E-state index < -0.39 is 239 Å². The monoisotopic (exact) mass is 2000 g/mol. The number of esters is 7. The Morgan fingerprint density at radius 1 is 0.457 bits per heavy atom. The van der Waals surface area contributed by atoms with E-state index in [0.717, 1.165) is 51.4 Å². The molecule has 812 valence electrons. The van der Waals surface area contributed by atoms with E-state index in [1.54, 1.807) is 96.9 Å². The highest BCUT2D eigenvalue weighted by Gasteiger charge is 2.59. The van der Waals surface area contributed by atoms with Gasteiger partial charge in [0.1, 0.15) is 40.7 Å². The van der Waals surface area contributed by atoms with Crippen LogP contribution >= 0.6 is 0 Å². The fourth-order valence-electron chi connectivity index (χ4n) is 20.6. The molecule has 6 N–H and O–H groups in total. The van der Waals surface area contributed by atoms with Crippen molar-refractivity contribution >= 4 is 53.6 Å². The highest BCUT2D eigenvalue weighted by Crippen LogP contribution is 2.46. The molecule has 2 unspecified atom stereocenters. The van der Waals surface area contributed by atoms with Crippen molar-refractivity contribution in [3.8, 4) is 0 Å². The first-order valence-corrected chi connectivity index (χ1v) is 50.6.